The highest BCUT2D eigenvalue weighted by Gasteiger charge is 2.69. The van der Waals surface area contributed by atoms with Gasteiger partial charge < -0.3 is 20.5 Å². The van der Waals surface area contributed by atoms with E-state index in [4.69, 9.17) is 21.4 Å². The number of aromatic nitrogens is 1. The van der Waals surface area contributed by atoms with Crippen LogP contribution < -0.4 is 15.4 Å². The summed E-state index contributed by atoms with van der Waals surface area (Å²) in [6.07, 6.45) is 2.96. The normalized spacial score (nSPS) is 23.5. The maximum absolute atomic E-state index is 13.4. The minimum Gasteiger partial charge on any atom is -0.484 e. The molecule has 3 saturated carbocycles. The predicted molar refractivity (Wildman–Crippen MR) is 103 cm³/mol. The Bertz CT molecular complexity index is 1040. The number of hydrogen-bond acceptors (Lipinski definition) is 5. The molecule has 3 aliphatic carbocycles. The predicted octanol–water partition coefficient (Wildman–Crippen LogP) is 2.17. The maximum atomic E-state index is 13.4. The number of halogens is 2. The van der Waals surface area contributed by atoms with Crippen LogP contribution >= 0.6 is 11.6 Å². The van der Waals surface area contributed by atoms with Crippen molar-refractivity contribution in [2.75, 3.05) is 6.61 Å². The molecule has 1 aromatic carbocycles. The van der Waals surface area contributed by atoms with E-state index in [2.05, 4.69) is 15.6 Å². The summed E-state index contributed by atoms with van der Waals surface area (Å²) < 4.78 is 18.7. The summed E-state index contributed by atoms with van der Waals surface area (Å²) in [4.78, 5) is 39.5. The summed E-state index contributed by atoms with van der Waals surface area (Å²) >= 11 is 5.60. The average molecular weight is 434 g/mol. The number of amides is 2. The molecule has 1 heterocycles. The molecule has 0 saturated heterocycles. The fourth-order valence-corrected chi connectivity index (χ4v) is 4.21. The van der Waals surface area contributed by atoms with Gasteiger partial charge in [0.25, 0.3) is 11.8 Å². The SMILES string of the molecule is O=C(COc1ccc(Cl)c(F)c1)NC12CC(NC(=O)c3cc(C(=O)O)ccn3)(C1)C2. The van der Waals surface area contributed by atoms with Gasteiger partial charge in [-0.1, -0.05) is 11.6 Å². The van der Waals surface area contributed by atoms with Crippen molar-refractivity contribution in [2.24, 2.45) is 0 Å². The molecule has 2 bridgehead atoms. The van der Waals surface area contributed by atoms with Gasteiger partial charge in [0.2, 0.25) is 0 Å². The second kappa shape index (κ2) is 7.24. The van der Waals surface area contributed by atoms with Crippen LogP contribution in [0.15, 0.2) is 36.5 Å². The first kappa shape index (κ1) is 20.1. The molecule has 3 N–H and O–H groups in total. The van der Waals surface area contributed by atoms with Crippen molar-refractivity contribution in [3.8, 4) is 5.75 Å². The minimum atomic E-state index is -1.14. The van der Waals surface area contributed by atoms with Gasteiger partial charge in [-0.2, -0.15) is 0 Å². The number of nitrogens with one attached hydrogen (secondary N) is 2. The quantitative estimate of drug-likeness (QED) is 0.616. The molecule has 8 nitrogen and oxygen atoms in total. The lowest BCUT2D eigenvalue weighted by atomic mass is 9.44. The standard InChI is InChI=1S/C20H17ClFN3O5/c21-13-2-1-12(6-14(13)22)30-7-16(26)24-19-8-20(9-19,10-19)25-17(27)15-5-11(18(28)29)3-4-23-15/h1-6H,7-10H2,(H,24,26)(H,25,27)(H,28,29). The first-order chi connectivity index (χ1) is 14.2. The summed E-state index contributed by atoms with van der Waals surface area (Å²) in [5, 5.41) is 14.8. The molecule has 3 fully saturated rings. The van der Waals surface area contributed by atoms with Crippen molar-refractivity contribution < 1.29 is 28.6 Å². The van der Waals surface area contributed by atoms with Gasteiger partial charge in [0.05, 0.1) is 10.6 Å². The Morgan fingerprint density at radius 2 is 1.83 bits per heavy atom. The van der Waals surface area contributed by atoms with E-state index in [1.54, 1.807) is 0 Å². The Labute approximate surface area is 175 Å². The topological polar surface area (TPSA) is 118 Å². The monoisotopic (exact) mass is 433 g/mol. The molecule has 2 amide bonds. The van der Waals surface area contributed by atoms with Crippen LogP contribution in [0.4, 0.5) is 4.39 Å². The zero-order chi connectivity index (χ0) is 21.5. The Hall–Kier alpha value is -3.20. The summed E-state index contributed by atoms with van der Waals surface area (Å²) in [6.45, 7) is -0.270. The summed E-state index contributed by atoms with van der Waals surface area (Å²) in [5.74, 6) is -2.37. The van der Waals surface area contributed by atoms with E-state index in [1.165, 1.54) is 30.5 Å². The fourth-order valence-electron chi connectivity index (χ4n) is 4.09. The molecule has 5 rings (SSSR count). The third-order valence-corrected chi connectivity index (χ3v) is 5.62. The molecule has 0 aliphatic heterocycles. The number of carboxylic acids is 1. The van der Waals surface area contributed by atoms with E-state index in [0.29, 0.717) is 19.3 Å². The number of nitrogens with zero attached hydrogens (tertiary/aromatic N) is 1. The van der Waals surface area contributed by atoms with Crippen LogP contribution in [0.2, 0.25) is 5.02 Å². The third-order valence-electron chi connectivity index (χ3n) is 5.31. The first-order valence-corrected chi connectivity index (χ1v) is 9.48. The second-order valence-electron chi connectivity index (χ2n) is 7.69. The van der Waals surface area contributed by atoms with E-state index in [1.807, 2.05) is 0 Å². The fraction of sp³-hybridized carbons (Fsp3) is 0.300. The number of aromatic carboxylic acids is 1. The molecular formula is C20H17ClFN3O5. The molecule has 0 atom stereocenters. The van der Waals surface area contributed by atoms with Gasteiger partial charge in [-0.3, -0.25) is 14.6 Å². The molecule has 10 heteroatoms. The molecule has 30 heavy (non-hydrogen) atoms. The van der Waals surface area contributed by atoms with Crippen LogP contribution in [0.5, 0.6) is 5.75 Å². The molecule has 0 unspecified atom stereocenters. The van der Waals surface area contributed by atoms with Crippen LogP contribution in [0.3, 0.4) is 0 Å². The molecule has 0 radical (unpaired) electrons. The van der Waals surface area contributed by atoms with Gasteiger partial charge in [0.1, 0.15) is 17.3 Å². The van der Waals surface area contributed by atoms with Gasteiger partial charge in [0, 0.05) is 23.3 Å². The highest BCUT2D eigenvalue weighted by atomic mass is 35.5. The molecule has 2 aromatic rings. The molecule has 3 aliphatic rings. The van der Waals surface area contributed by atoms with E-state index in [9.17, 15) is 18.8 Å². The summed E-state index contributed by atoms with van der Waals surface area (Å²) in [6, 6.07) is 6.45. The number of carboxylic acid groups (broad SMARTS) is 1. The molecule has 1 aromatic heterocycles. The number of pyridine rings is 1. The van der Waals surface area contributed by atoms with Crippen molar-refractivity contribution >= 4 is 29.4 Å². The Morgan fingerprint density at radius 1 is 1.13 bits per heavy atom. The molecular weight excluding hydrogens is 417 g/mol. The van der Waals surface area contributed by atoms with Crippen LogP contribution in [0, 0.1) is 5.82 Å². The number of carbonyl (C=O) groups is 3. The maximum Gasteiger partial charge on any atom is 0.335 e. The van der Waals surface area contributed by atoms with Crippen molar-refractivity contribution in [2.45, 2.75) is 30.3 Å². The van der Waals surface area contributed by atoms with Crippen LogP contribution in [-0.4, -0.2) is 45.6 Å². The number of hydrogen-bond donors (Lipinski definition) is 3. The summed E-state index contributed by atoms with van der Waals surface area (Å²) in [7, 11) is 0. The van der Waals surface area contributed by atoms with Crippen LogP contribution in [-0.2, 0) is 4.79 Å². The van der Waals surface area contributed by atoms with Gasteiger partial charge in [-0.15, -0.1) is 0 Å². The highest BCUT2D eigenvalue weighted by Crippen LogP contribution is 2.60. The average Bonchev–Trinajstić information content (AvgIpc) is 2.66. The van der Waals surface area contributed by atoms with Crippen molar-refractivity contribution in [3.05, 3.63) is 58.6 Å². The first-order valence-electron chi connectivity index (χ1n) is 9.10. The number of benzene rings is 1. The van der Waals surface area contributed by atoms with Gasteiger partial charge in [-0.25, -0.2) is 9.18 Å². The molecule has 0 spiro atoms. The largest absolute Gasteiger partial charge is 0.484 e. The Balaban J connectivity index is 1.26. The highest BCUT2D eigenvalue weighted by molar-refractivity contribution is 6.30. The number of ether oxygens (including phenoxy) is 1. The van der Waals surface area contributed by atoms with Gasteiger partial charge >= 0.3 is 5.97 Å². The van der Waals surface area contributed by atoms with Crippen molar-refractivity contribution in [1.82, 2.24) is 15.6 Å². The zero-order valence-corrected chi connectivity index (χ0v) is 16.3. The third kappa shape index (κ3) is 3.80. The Kier molecular flexibility index (Phi) is 4.85. The number of carbonyl (C=O) groups excluding carboxylic acids is 2. The van der Waals surface area contributed by atoms with Gasteiger partial charge in [0.15, 0.2) is 6.61 Å². The van der Waals surface area contributed by atoms with Crippen molar-refractivity contribution in [3.63, 3.8) is 0 Å². The second-order valence-corrected chi connectivity index (χ2v) is 8.10. The summed E-state index contributed by atoms with van der Waals surface area (Å²) in [5.41, 5.74) is -0.806. The van der Waals surface area contributed by atoms with E-state index >= 15 is 0 Å². The van der Waals surface area contributed by atoms with Gasteiger partial charge in [-0.05, 0) is 43.5 Å². The minimum absolute atomic E-state index is 0.0166. The van der Waals surface area contributed by atoms with Crippen LogP contribution in [0.25, 0.3) is 0 Å². The van der Waals surface area contributed by atoms with E-state index in [-0.39, 0.29) is 34.5 Å². The lowest BCUT2D eigenvalue weighted by Gasteiger charge is -2.70. The molecule has 156 valence electrons. The lowest BCUT2D eigenvalue weighted by molar-refractivity contribution is -0.141. The smallest absolute Gasteiger partial charge is 0.335 e. The van der Waals surface area contributed by atoms with E-state index in [0.717, 1.165) is 6.07 Å². The van der Waals surface area contributed by atoms with Crippen LogP contribution in [0.1, 0.15) is 40.1 Å². The van der Waals surface area contributed by atoms with Crippen molar-refractivity contribution in [1.29, 1.82) is 0 Å². The zero-order valence-electron chi connectivity index (χ0n) is 15.6. The van der Waals surface area contributed by atoms with E-state index < -0.39 is 28.8 Å². The lowest BCUT2D eigenvalue weighted by Crippen LogP contribution is -2.84. The Morgan fingerprint density at radius 3 is 2.50 bits per heavy atom. The number of rotatable bonds is 7.